The highest BCUT2D eigenvalue weighted by atomic mass is 16.5. The monoisotopic (exact) mass is 476 g/mol. The van der Waals surface area contributed by atoms with Crippen LogP contribution in [0.2, 0.25) is 0 Å². The molecule has 184 valence electrons. The second-order valence-corrected chi connectivity index (χ2v) is 8.88. The lowest BCUT2D eigenvalue weighted by atomic mass is 9.89. The molecule has 35 heavy (non-hydrogen) atoms. The third-order valence-corrected chi connectivity index (χ3v) is 6.26. The van der Waals surface area contributed by atoms with Gasteiger partial charge in [-0.1, -0.05) is 23.4 Å². The predicted octanol–water partition coefficient (Wildman–Crippen LogP) is 3.96. The Hall–Kier alpha value is -3.68. The van der Waals surface area contributed by atoms with E-state index in [2.05, 4.69) is 10.5 Å². The maximum absolute atomic E-state index is 13.2. The van der Waals surface area contributed by atoms with Gasteiger partial charge >= 0.3 is 0 Å². The van der Waals surface area contributed by atoms with Gasteiger partial charge in [-0.15, -0.1) is 0 Å². The summed E-state index contributed by atoms with van der Waals surface area (Å²) in [4.78, 5) is 32.5. The highest BCUT2D eigenvalue weighted by Gasteiger charge is 2.28. The van der Waals surface area contributed by atoms with E-state index in [4.69, 9.17) is 14.2 Å². The first kappa shape index (κ1) is 24.4. The number of carbonyl (C=O) groups is 2. The number of ether oxygens (including phenoxy) is 1. The topological polar surface area (TPSA) is 97.6 Å². The first-order valence-corrected chi connectivity index (χ1v) is 12.1. The Kier molecular flexibility index (Phi) is 7.80. The van der Waals surface area contributed by atoms with Crippen LogP contribution in [-0.4, -0.2) is 46.6 Å². The normalized spacial score (nSPS) is 14.1. The van der Waals surface area contributed by atoms with Gasteiger partial charge in [0.05, 0.1) is 30.0 Å². The van der Waals surface area contributed by atoms with E-state index < -0.39 is 0 Å². The zero-order chi connectivity index (χ0) is 24.8. The number of benzene rings is 1. The molecule has 8 nitrogen and oxygen atoms in total. The molecule has 1 N–H and O–H groups in total. The largest absolute Gasteiger partial charge is 0.494 e. The van der Waals surface area contributed by atoms with Crippen LogP contribution >= 0.6 is 0 Å². The second-order valence-electron chi connectivity index (χ2n) is 8.88. The fourth-order valence-electron chi connectivity index (χ4n) is 4.46. The minimum Gasteiger partial charge on any atom is -0.494 e. The van der Waals surface area contributed by atoms with Crippen LogP contribution in [0.1, 0.15) is 64.4 Å². The summed E-state index contributed by atoms with van der Waals surface area (Å²) in [5.41, 5.74) is 3.96. The summed E-state index contributed by atoms with van der Waals surface area (Å²) in [5.74, 6) is 1.35. The number of rotatable bonds is 8. The summed E-state index contributed by atoms with van der Waals surface area (Å²) in [7, 11) is 0. The molecule has 0 bridgehead atoms. The van der Waals surface area contributed by atoms with Crippen LogP contribution in [0.4, 0.5) is 0 Å². The van der Waals surface area contributed by atoms with Crippen molar-refractivity contribution in [1.29, 1.82) is 0 Å². The number of hydrogen-bond donors (Lipinski definition) is 1. The molecule has 1 aliphatic heterocycles. The molecule has 1 aliphatic rings. The molecule has 0 saturated carbocycles. The van der Waals surface area contributed by atoms with Crippen molar-refractivity contribution in [3.63, 3.8) is 0 Å². The van der Waals surface area contributed by atoms with Crippen LogP contribution in [0.3, 0.4) is 0 Å². The average molecular weight is 477 g/mol. The summed E-state index contributed by atoms with van der Waals surface area (Å²) < 4.78 is 10.9. The minimum absolute atomic E-state index is 0.0303. The van der Waals surface area contributed by atoms with E-state index in [1.807, 2.05) is 62.1 Å². The van der Waals surface area contributed by atoms with Crippen molar-refractivity contribution in [3.05, 3.63) is 76.4 Å². The lowest BCUT2D eigenvalue weighted by molar-refractivity contribution is -0.131. The van der Waals surface area contributed by atoms with Crippen molar-refractivity contribution in [3.8, 4) is 5.75 Å². The molecule has 3 aromatic rings. The molecule has 0 radical (unpaired) electrons. The van der Waals surface area contributed by atoms with E-state index in [9.17, 15) is 9.59 Å². The highest BCUT2D eigenvalue weighted by molar-refractivity contribution is 5.95. The number of piperidine rings is 1. The Bertz CT molecular complexity index is 1180. The van der Waals surface area contributed by atoms with Gasteiger partial charge in [0.25, 0.3) is 5.91 Å². The highest BCUT2D eigenvalue weighted by Crippen LogP contribution is 2.30. The Labute approximate surface area is 205 Å². The van der Waals surface area contributed by atoms with Gasteiger partial charge < -0.3 is 19.5 Å². The number of para-hydroxylation sites is 1. The molecular weight excluding hydrogens is 444 g/mol. The summed E-state index contributed by atoms with van der Waals surface area (Å²) >= 11 is 0. The van der Waals surface area contributed by atoms with Crippen molar-refractivity contribution in [2.75, 3.05) is 19.7 Å². The van der Waals surface area contributed by atoms with Crippen LogP contribution in [0.25, 0.3) is 0 Å². The van der Waals surface area contributed by atoms with E-state index in [-0.39, 0.29) is 24.2 Å². The molecule has 3 heterocycles. The summed E-state index contributed by atoms with van der Waals surface area (Å²) in [6.07, 6.45) is 1.72. The molecule has 2 aromatic heterocycles. The number of nitrogens with zero attached hydrogens (tertiary/aromatic N) is 3. The van der Waals surface area contributed by atoms with Gasteiger partial charge in [0.2, 0.25) is 5.91 Å². The number of pyridine rings is 1. The predicted molar refractivity (Wildman–Crippen MR) is 131 cm³/mol. The number of aryl methyl sites for hydroxylation is 2. The smallest absolute Gasteiger partial charge is 0.253 e. The van der Waals surface area contributed by atoms with Crippen molar-refractivity contribution >= 4 is 11.8 Å². The van der Waals surface area contributed by atoms with Crippen LogP contribution in [0.5, 0.6) is 5.75 Å². The average Bonchev–Trinajstić information content (AvgIpc) is 3.27. The van der Waals surface area contributed by atoms with Crippen LogP contribution < -0.4 is 10.1 Å². The molecule has 1 aromatic carbocycles. The first-order valence-electron chi connectivity index (χ1n) is 12.1. The fourth-order valence-corrected chi connectivity index (χ4v) is 4.46. The van der Waals surface area contributed by atoms with Gasteiger partial charge in [-0.25, -0.2) is 0 Å². The van der Waals surface area contributed by atoms with Crippen LogP contribution in [-0.2, 0) is 17.8 Å². The number of nitrogens with one attached hydrogen (secondary N) is 1. The van der Waals surface area contributed by atoms with Gasteiger partial charge in [-0.05, 0) is 51.8 Å². The molecule has 0 spiro atoms. The van der Waals surface area contributed by atoms with Crippen molar-refractivity contribution in [2.45, 2.75) is 52.5 Å². The number of carbonyl (C=O) groups excluding carboxylic acids is 2. The first-order chi connectivity index (χ1) is 16.9. The van der Waals surface area contributed by atoms with Gasteiger partial charge in [-0.2, -0.15) is 0 Å². The zero-order valence-electron chi connectivity index (χ0n) is 20.5. The summed E-state index contributed by atoms with van der Waals surface area (Å²) in [5, 5.41) is 6.88. The standard InChI is InChI=1S/C27H32N4O4/c1-4-34-24-8-6-5-7-21(24)17-28-27(33)23-10-9-18(2)29-26(23)20-11-13-31(14-12-20)25(32)16-22-15-19(3)30-35-22/h5-10,15,20H,4,11-14,16-17H2,1-3H3,(H,28,33). The maximum atomic E-state index is 13.2. The summed E-state index contributed by atoms with van der Waals surface area (Å²) in [6.45, 7) is 7.88. The van der Waals surface area contributed by atoms with Crippen LogP contribution in [0, 0.1) is 13.8 Å². The van der Waals surface area contributed by atoms with E-state index in [1.54, 1.807) is 6.07 Å². The second kappa shape index (κ2) is 11.2. The van der Waals surface area contributed by atoms with E-state index >= 15 is 0 Å². The fraction of sp³-hybridized carbons (Fsp3) is 0.407. The molecule has 0 unspecified atom stereocenters. The lowest BCUT2D eigenvalue weighted by Gasteiger charge is -2.32. The maximum Gasteiger partial charge on any atom is 0.253 e. The SMILES string of the molecule is CCOc1ccccc1CNC(=O)c1ccc(C)nc1C1CCN(C(=O)Cc2cc(C)no2)CC1. The number of amides is 2. The molecular formula is C27H32N4O4. The van der Waals surface area contributed by atoms with Crippen molar-refractivity contribution in [2.24, 2.45) is 0 Å². The van der Waals surface area contributed by atoms with Gasteiger partial charge in [0, 0.05) is 42.9 Å². The molecule has 0 aliphatic carbocycles. The van der Waals surface area contributed by atoms with E-state index in [1.165, 1.54) is 0 Å². The van der Waals surface area contributed by atoms with Crippen molar-refractivity contribution in [1.82, 2.24) is 20.4 Å². The van der Waals surface area contributed by atoms with E-state index in [0.717, 1.165) is 41.2 Å². The van der Waals surface area contributed by atoms with Crippen LogP contribution in [0.15, 0.2) is 47.0 Å². The Morgan fingerprint density at radius 1 is 1.11 bits per heavy atom. The van der Waals surface area contributed by atoms with Crippen molar-refractivity contribution < 1.29 is 18.8 Å². The summed E-state index contributed by atoms with van der Waals surface area (Å²) in [6, 6.07) is 13.2. The molecule has 1 saturated heterocycles. The minimum atomic E-state index is -0.155. The molecule has 4 rings (SSSR count). The third-order valence-electron chi connectivity index (χ3n) is 6.26. The Morgan fingerprint density at radius 2 is 1.89 bits per heavy atom. The molecule has 0 atom stereocenters. The third kappa shape index (κ3) is 6.07. The molecule has 2 amide bonds. The zero-order valence-corrected chi connectivity index (χ0v) is 20.5. The van der Waals surface area contributed by atoms with Gasteiger partial charge in [0.1, 0.15) is 11.5 Å². The number of aromatic nitrogens is 2. The molecule has 8 heteroatoms. The Balaban J connectivity index is 1.40. The molecule has 1 fully saturated rings. The lowest BCUT2D eigenvalue weighted by Crippen LogP contribution is -2.39. The van der Waals surface area contributed by atoms with Gasteiger partial charge in [-0.3, -0.25) is 14.6 Å². The van der Waals surface area contributed by atoms with E-state index in [0.29, 0.717) is 37.6 Å². The number of likely N-dealkylation sites (tertiary alicyclic amines) is 1. The van der Waals surface area contributed by atoms with Gasteiger partial charge in [0.15, 0.2) is 0 Å². The Morgan fingerprint density at radius 3 is 2.60 bits per heavy atom. The quantitative estimate of drug-likeness (QED) is 0.528. The number of hydrogen-bond acceptors (Lipinski definition) is 6.